The molecule has 4 rings (SSSR count). The zero-order valence-corrected chi connectivity index (χ0v) is 20.2. The van der Waals surface area contributed by atoms with Crippen molar-refractivity contribution >= 4 is 52.2 Å². The highest BCUT2D eigenvalue weighted by atomic mass is 35.5. The van der Waals surface area contributed by atoms with E-state index in [1.54, 1.807) is 54.6 Å². The van der Waals surface area contributed by atoms with Gasteiger partial charge in [-0.25, -0.2) is 4.39 Å². The molecule has 1 aliphatic rings. The van der Waals surface area contributed by atoms with Gasteiger partial charge in [-0.3, -0.25) is 14.5 Å². The summed E-state index contributed by atoms with van der Waals surface area (Å²) in [6.45, 7) is 0.0564. The number of nitrogens with zero attached hydrogens (tertiary/aromatic N) is 1. The Kier molecular flexibility index (Phi) is 7.46. The Hall–Kier alpha value is -3.00. The van der Waals surface area contributed by atoms with E-state index in [1.807, 2.05) is 0 Å². The van der Waals surface area contributed by atoms with E-state index in [2.05, 4.69) is 0 Å². The molecule has 0 radical (unpaired) electrons. The van der Waals surface area contributed by atoms with Crippen LogP contribution in [0.3, 0.4) is 0 Å². The van der Waals surface area contributed by atoms with Gasteiger partial charge in [0.1, 0.15) is 12.4 Å². The monoisotopic (exact) mass is 517 g/mol. The number of hydrogen-bond donors (Lipinski definition) is 0. The van der Waals surface area contributed by atoms with E-state index in [0.29, 0.717) is 27.0 Å². The molecule has 1 fully saturated rings. The Bertz CT molecular complexity index is 1280. The number of benzene rings is 3. The predicted octanol–water partition coefficient (Wildman–Crippen LogP) is 6.96. The molecule has 0 N–H and O–H groups in total. The van der Waals surface area contributed by atoms with Crippen LogP contribution in [0.25, 0.3) is 6.08 Å². The molecular weight excluding hydrogens is 500 g/mol. The van der Waals surface area contributed by atoms with Crippen LogP contribution in [0.1, 0.15) is 16.7 Å². The number of carbonyl (C=O) groups is 2. The first kappa shape index (κ1) is 24.1. The number of amides is 2. The van der Waals surface area contributed by atoms with Crippen LogP contribution < -0.4 is 9.47 Å². The molecule has 0 spiro atoms. The maximum Gasteiger partial charge on any atom is 0.293 e. The van der Waals surface area contributed by atoms with Crippen molar-refractivity contribution in [2.75, 3.05) is 7.11 Å². The number of halogens is 3. The Balaban J connectivity index is 1.50. The van der Waals surface area contributed by atoms with E-state index in [0.717, 1.165) is 17.3 Å². The quantitative estimate of drug-likeness (QED) is 0.317. The number of rotatable bonds is 7. The topological polar surface area (TPSA) is 55.8 Å². The van der Waals surface area contributed by atoms with E-state index < -0.39 is 5.82 Å². The lowest BCUT2D eigenvalue weighted by Crippen LogP contribution is -2.27. The molecule has 34 heavy (non-hydrogen) atoms. The van der Waals surface area contributed by atoms with Gasteiger partial charge >= 0.3 is 0 Å². The first-order chi connectivity index (χ1) is 16.4. The van der Waals surface area contributed by atoms with Crippen molar-refractivity contribution < 1.29 is 23.5 Å². The van der Waals surface area contributed by atoms with Gasteiger partial charge in [0.2, 0.25) is 0 Å². The van der Waals surface area contributed by atoms with Crippen LogP contribution in [0.4, 0.5) is 9.18 Å². The molecule has 5 nitrogen and oxygen atoms in total. The second kappa shape index (κ2) is 10.5. The highest BCUT2D eigenvalue weighted by Gasteiger charge is 2.35. The zero-order chi connectivity index (χ0) is 24.2. The largest absolute Gasteiger partial charge is 0.493 e. The summed E-state index contributed by atoms with van der Waals surface area (Å²) in [5.41, 5.74) is 1.64. The molecule has 0 saturated carbocycles. The fourth-order valence-corrected chi connectivity index (χ4v) is 4.59. The van der Waals surface area contributed by atoms with Gasteiger partial charge < -0.3 is 9.47 Å². The molecule has 1 heterocycles. The summed E-state index contributed by atoms with van der Waals surface area (Å²) in [5.74, 6) is -0.0764. The standard InChI is InChI=1S/C25H18Cl2FNO4S/c1-32-22-11-15(8-9-21(22)33-14-18-19(27)6-3-7-20(18)28)12-23-24(30)29(25(31)34-23)13-16-4-2-5-17(26)10-16/h2-12H,13-14H2,1H3/b23-12-. The minimum atomic E-state index is -0.461. The number of methoxy groups -OCH3 is 1. The normalized spacial score (nSPS) is 14.7. The van der Waals surface area contributed by atoms with Gasteiger partial charge in [0, 0.05) is 10.6 Å². The van der Waals surface area contributed by atoms with Crippen molar-refractivity contribution in [1.29, 1.82) is 0 Å². The smallest absolute Gasteiger partial charge is 0.293 e. The summed E-state index contributed by atoms with van der Waals surface area (Å²) < 4.78 is 25.1. The average molecular weight is 518 g/mol. The molecular formula is C25H18Cl2FNO4S. The van der Waals surface area contributed by atoms with Gasteiger partial charge in [-0.2, -0.15) is 0 Å². The molecule has 174 valence electrons. The third-order valence-corrected chi connectivity index (χ3v) is 6.52. The molecule has 0 atom stereocenters. The fraction of sp³-hybridized carbons (Fsp3) is 0.120. The highest BCUT2D eigenvalue weighted by molar-refractivity contribution is 8.18. The first-order valence-corrected chi connectivity index (χ1v) is 11.7. The van der Waals surface area contributed by atoms with Crippen LogP contribution in [0.5, 0.6) is 11.5 Å². The summed E-state index contributed by atoms with van der Waals surface area (Å²) in [6, 6.07) is 16.5. The molecule has 9 heteroatoms. The molecule has 0 bridgehead atoms. The fourth-order valence-electron chi connectivity index (χ4n) is 3.32. The molecule has 1 aliphatic heterocycles. The van der Waals surface area contributed by atoms with Crippen LogP contribution in [-0.4, -0.2) is 23.2 Å². The number of thioether (sulfide) groups is 1. The predicted molar refractivity (Wildman–Crippen MR) is 132 cm³/mol. The Labute approximate surface area is 210 Å². The van der Waals surface area contributed by atoms with Crippen LogP contribution in [0.15, 0.2) is 65.6 Å². The van der Waals surface area contributed by atoms with E-state index in [9.17, 15) is 14.0 Å². The van der Waals surface area contributed by atoms with Crippen molar-refractivity contribution in [3.05, 3.63) is 98.1 Å². The third-order valence-electron chi connectivity index (χ3n) is 5.02. The lowest BCUT2D eigenvalue weighted by Gasteiger charge is -2.13. The van der Waals surface area contributed by atoms with Crippen molar-refractivity contribution in [3.63, 3.8) is 0 Å². The highest BCUT2D eigenvalue weighted by Crippen LogP contribution is 2.36. The number of imide groups is 1. The maximum absolute atomic E-state index is 14.0. The van der Waals surface area contributed by atoms with Gasteiger partial charge in [-0.05, 0) is 65.4 Å². The average Bonchev–Trinajstić information content (AvgIpc) is 3.06. The summed E-state index contributed by atoms with van der Waals surface area (Å²) in [7, 11) is 1.47. The Morgan fingerprint density at radius 1 is 1.03 bits per heavy atom. The molecule has 2 amide bonds. The molecule has 0 aliphatic carbocycles. The molecule has 3 aromatic rings. The lowest BCUT2D eigenvalue weighted by atomic mass is 10.1. The maximum atomic E-state index is 14.0. The molecule has 3 aromatic carbocycles. The van der Waals surface area contributed by atoms with Crippen LogP contribution >= 0.6 is 35.0 Å². The minimum absolute atomic E-state index is 0.0798. The van der Waals surface area contributed by atoms with Crippen LogP contribution in [0.2, 0.25) is 10.0 Å². The van der Waals surface area contributed by atoms with Crippen LogP contribution in [-0.2, 0) is 17.9 Å². The Morgan fingerprint density at radius 3 is 2.56 bits per heavy atom. The lowest BCUT2D eigenvalue weighted by molar-refractivity contribution is -0.123. The summed E-state index contributed by atoms with van der Waals surface area (Å²) in [6.07, 6.45) is 1.61. The van der Waals surface area contributed by atoms with E-state index in [-0.39, 0.29) is 34.9 Å². The van der Waals surface area contributed by atoms with E-state index in [4.69, 9.17) is 32.7 Å². The second-order valence-corrected chi connectivity index (χ2v) is 9.13. The van der Waals surface area contributed by atoms with Crippen LogP contribution in [0, 0.1) is 5.82 Å². The van der Waals surface area contributed by atoms with Gasteiger partial charge in [0.25, 0.3) is 11.1 Å². The van der Waals surface area contributed by atoms with Crippen molar-refractivity contribution in [2.45, 2.75) is 13.2 Å². The van der Waals surface area contributed by atoms with Gasteiger partial charge in [-0.1, -0.05) is 47.5 Å². The minimum Gasteiger partial charge on any atom is -0.493 e. The van der Waals surface area contributed by atoms with Gasteiger partial charge in [0.15, 0.2) is 11.5 Å². The zero-order valence-electron chi connectivity index (χ0n) is 17.9. The second-order valence-electron chi connectivity index (χ2n) is 7.30. The van der Waals surface area contributed by atoms with Crippen molar-refractivity contribution in [2.24, 2.45) is 0 Å². The molecule has 0 unspecified atom stereocenters. The first-order valence-electron chi connectivity index (χ1n) is 10.1. The Morgan fingerprint density at radius 2 is 1.82 bits per heavy atom. The van der Waals surface area contributed by atoms with Gasteiger partial charge in [-0.15, -0.1) is 0 Å². The number of hydrogen-bond acceptors (Lipinski definition) is 5. The SMILES string of the molecule is COc1cc(/C=C2\SC(=O)N(Cc3cccc(Cl)c3)C2=O)ccc1OCc1c(F)cccc1Cl. The van der Waals surface area contributed by atoms with Crippen molar-refractivity contribution in [3.8, 4) is 11.5 Å². The number of ether oxygens (including phenoxy) is 2. The van der Waals surface area contributed by atoms with E-state index in [1.165, 1.54) is 24.1 Å². The third kappa shape index (κ3) is 5.38. The molecule has 0 aromatic heterocycles. The number of carbonyl (C=O) groups excluding carboxylic acids is 2. The summed E-state index contributed by atoms with van der Waals surface area (Å²) in [5, 5.41) is 0.445. The van der Waals surface area contributed by atoms with Gasteiger partial charge in [0.05, 0.1) is 23.6 Å². The summed E-state index contributed by atoms with van der Waals surface area (Å²) >= 11 is 12.9. The molecule has 1 saturated heterocycles. The summed E-state index contributed by atoms with van der Waals surface area (Å²) in [4.78, 5) is 26.7. The van der Waals surface area contributed by atoms with E-state index >= 15 is 0 Å². The van der Waals surface area contributed by atoms with Crippen molar-refractivity contribution in [1.82, 2.24) is 4.90 Å².